The topological polar surface area (TPSA) is 77.2 Å². The number of aromatic nitrogens is 2. The maximum absolute atomic E-state index is 12.0. The molecule has 0 atom stereocenters. The molecule has 0 aliphatic carbocycles. The minimum Gasteiger partial charge on any atom is -0.497 e. The molecule has 0 bridgehead atoms. The van der Waals surface area contributed by atoms with E-state index < -0.39 is 0 Å². The van der Waals surface area contributed by atoms with Gasteiger partial charge < -0.3 is 14.5 Å². The summed E-state index contributed by atoms with van der Waals surface area (Å²) in [4.78, 5) is 12.0. The molecule has 0 aliphatic rings. The summed E-state index contributed by atoms with van der Waals surface area (Å²) in [5.74, 6) is 1.47. The summed E-state index contributed by atoms with van der Waals surface area (Å²) in [6.07, 6.45) is 0.281. The molecule has 0 radical (unpaired) electrons. The van der Waals surface area contributed by atoms with Crippen molar-refractivity contribution in [2.45, 2.75) is 19.9 Å². The molecule has 0 unspecified atom stereocenters. The predicted molar refractivity (Wildman–Crippen MR) is 93.0 cm³/mol. The quantitative estimate of drug-likeness (QED) is 0.748. The van der Waals surface area contributed by atoms with E-state index in [2.05, 4.69) is 15.5 Å². The number of aryl methyl sites for hydroxylation is 1. The zero-order valence-corrected chi connectivity index (χ0v) is 14.2. The van der Waals surface area contributed by atoms with Crippen molar-refractivity contribution in [2.75, 3.05) is 7.11 Å². The molecule has 25 heavy (non-hydrogen) atoms. The average Bonchev–Trinajstić information content (AvgIpc) is 3.10. The van der Waals surface area contributed by atoms with E-state index in [1.165, 1.54) is 0 Å². The van der Waals surface area contributed by atoms with E-state index in [9.17, 15) is 4.79 Å². The van der Waals surface area contributed by atoms with Gasteiger partial charge in [0.05, 0.1) is 20.1 Å². The van der Waals surface area contributed by atoms with Crippen LogP contribution in [0.5, 0.6) is 5.75 Å². The fourth-order valence-electron chi connectivity index (χ4n) is 2.39. The maximum atomic E-state index is 12.0. The first-order valence-electron chi connectivity index (χ1n) is 7.93. The van der Waals surface area contributed by atoms with Crippen molar-refractivity contribution in [1.82, 2.24) is 15.5 Å². The Morgan fingerprint density at radius 1 is 1.16 bits per heavy atom. The van der Waals surface area contributed by atoms with Crippen molar-refractivity contribution in [3.63, 3.8) is 0 Å². The van der Waals surface area contributed by atoms with Gasteiger partial charge in [-0.2, -0.15) is 0 Å². The van der Waals surface area contributed by atoms with E-state index in [0.29, 0.717) is 11.8 Å². The summed E-state index contributed by atoms with van der Waals surface area (Å²) in [7, 11) is 1.61. The van der Waals surface area contributed by atoms with Crippen LogP contribution in [0.15, 0.2) is 52.9 Å². The Kier molecular flexibility index (Phi) is 5.09. The normalized spacial score (nSPS) is 10.5. The number of carbonyl (C=O) groups is 1. The molecule has 0 fully saturated rings. The summed E-state index contributed by atoms with van der Waals surface area (Å²) in [6.45, 7) is 2.20. The number of carbonyl (C=O) groups excluding carboxylic acids is 1. The third kappa shape index (κ3) is 4.44. The molecular weight excluding hydrogens is 318 g/mol. The van der Waals surface area contributed by atoms with Crippen LogP contribution in [-0.4, -0.2) is 23.2 Å². The molecule has 6 nitrogen and oxygen atoms in total. The van der Waals surface area contributed by atoms with Gasteiger partial charge >= 0.3 is 0 Å². The van der Waals surface area contributed by atoms with E-state index in [1.807, 2.05) is 55.5 Å². The fourth-order valence-corrected chi connectivity index (χ4v) is 2.39. The molecule has 1 heterocycles. The number of amides is 1. The first-order chi connectivity index (χ1) is 12.1. The van der Waals surface area contributed by atoms with Gasteiger partial charge in [-0.25, -0.2) is 0 Å². The van der Waals surface area contributed by atoms with Gasteiger partial charge in [0.1, 0.15) is 5.75 Å². The van der Waals surface area contributed by atoms with Crippen LogP contribution in [-0.2, 0) is 17.8 Å². The molecule has 0 spiro atoms. The molecular formula is C19H19N3O3. The highest BCUT2D eigenvalue weighted by atomic mass is 16.5. The lowest BCUT2D eigenvalue weighted by Gasteiger charge is -2.04. The van der Waals surface area contributed by atoms with Gasteiger partial charge in [0.25, 0.3) is 0 Å². The number of methoxy groups -OCH3 is 1. The van der Waals surface area contributed by atoms with Crippen molar-refractivity contribution in [3.8, 4) is 17.2 Å². The minimum absolute atomic E-state index is 0.111. The largest absolute Gasteiger partial charge is 0.497 e. The SMILES string of the molecule is COc1ccc(CC(=O)NCc2nnc(-c3cccc(C)c3)o2)cc1. The van der Waals surface area contributed by atoms with E-state index in [0.717, 1.165) is 22.4 Å². The van der Waals surface area contributed by atoms with Gasteiger partial charge in [0.15, 0.2) is 0 Å². The molecule has 1 aromatic heterocycles. The molecule has 128 valence electrons. The molecule has 0 aliphatic heterocycles. The second kappa shape index (κ2) is 7.61. The van der Waals surface area contributed by atoms with Crippen molar-refractivity contribution in [2.24, 2.45) is 0 Å². The molecule has 1 amide bonds. The predicted octanol–water partition coefficient (Wildman–Crippen LogP) is 2.91. The Labute approximate surface area is 145 Å². The van der Waals surface area contributed by atoms with Crippen molar-refractivity contribution >= 4 is 5.91 Å². The van der Waals surface area contributed by atoms with Crippen molar-refractivity contribution in [3.05, 3.63) is 65.5 Å². The van der Waals surface area contributed by atoms with E-state index in [4.69, 9.17) is 9.15 Å². The second-order valence-corrected chi connectivity index (χ2v) is 5.67. The molecule has 3 rings (SSSR count). The molecule has 0 saturated carbocycles. The lowest BCUT2D eigenvalue weighted by Crippen LogP contribution is -2.24. The van der Waals surface area contributed by atoms with Crippen LogP contribution in [0.1, 0.15) is 17.0 Å². The van der Waals surface area contributed by atoms with Crippen LogP contribution < -0.4 is 10.1 Å². The molecule has 2 aromatic carbocycles. The van der Waals surface area contributed by atoms with Gasteiger partial charge in [-0.05, 0) is 36.8 Å². The van der Waals surface area contributed by atoms with Crippen LogP contribution in [0.2, 0.25) is 0 Å². The number of hydrogen-bond acceptors (Lipinski definition) is 5. The molecule has 6 heteroatoms. The smallest absolute Gasteiger partial charge is 0.247 e. The summed E-state index contributed by atoms with van der Waals surface area (Å²) in [6, 6.07) is 15.2. The van der Waals surface area contributed by atoms with E-state index >= 15 is 0 Å². The van der Waals surface area contributed by atoms with Crippen LogP contribution in [0.4, 0.5) is 0 Å². The zero-order chi connectivity index (χ0) is 17.6. The van der Waals surface area contributed by atoms with Gasteiger partial charge in [0, 0.05) is 5.56 Å². The Morgan fingerprint density at radius 3 is 2.68 bits per heavy atom. The van der Waals surface area contributed by atoms with Crippen LogP contribution in [0.3, 0.4) is 0 Å². The Hall–Kier alpha value is -3.15. The number of rotatable bonds is 6. The molecule has 0 saturated heterocycles. The van der Waals surface area contributed by atoms with Crippen molar-refractivity contribution < 1.29 is 13.9 Å². The van der Waals surface area contributed by atoms with E-state index in [-0.39, 0.29) is 18.9 Å². The van der Waals surface area contributed by atoms with Gasteiger partial charge in [-0.15, -0.1) is 10.2 Å². The number of nitrogens with zero attached hydrogens (tertiary/aromatic N) is 2. The molecule has 1 N–H and O–H groups in total. The Bertz CT molecular complexity index is 856. The highest BCUT2D eigenvalue weighted by Gasteiger charge is 2.10. The fraction of sp³-hybridized carbons (Fsp3) is 0.211. The number of benzene rings is 2. The summed E-state index contributed by atoms with van der Waals surface area (Å²) in [5.41, 5.74) is 2.89. The van der Waals surface area contributed by atoms with Gasteiger partial charge in [0.2, 0.25) is 17.7 Å². The van der Waals surface area contributed by atoms with E-state index in [1.54, 1.807) is 7.11 Å². The summed E-state index contributed by atoms with van der Waals surface area (Å²) in [5, 5.41) is 10.8. The second-order valence-electron chi connectivity index (χ2n) is 5.67. The summed E-state index contributed by atoms with van der Waals surface area (Å²) < 4.78 is 10.7. The molecule has 3 aromatic rings. The monoisotopic (exact) mass is 337 g/mol. The van der Waals surface area contributed by atoms with Crippen LogP contribution >= 0.6 is 0 Å². The maximum Gasteiger partial charge on any atom is 0.247 e. The van der Waals surface area contributed by atoms with Crippen LogP contribution in [0, 0.1) is 6.92 Å². The first-order valence-corrected chi connectivity index (χ1v) is 7.93. The average molecular weight is 337 g/mol. The number of ether oxygens (including phenoxy) is 1. The zero-order valence-electron chi connectivity index (χ0n) is 14.2. The van der Waals surface area contributed by atoms with Crippen molar-refractivity contribution in [1.29, 1.82) is 0 Å². The third-order valence-electron chi connectivity index (χ3n) is 3.69. The third-order valence-corrected chi connectivity index (χ3v) is 3.69. The van der Waals surface area contributed by atoms with Gasteiger partial charge in [-0.3, -0.25) is 4.79 Å². The lowest BCUT2D eigenvalue weighted by atomic mass is 10.1. The lowest BCUT2D eigenvalue weighted by molar-refractivity contribution is -0.120. The Morgan fingerprint density at radius 2 is 1.96 bits per heavy atom. The number of nitrogens with one attached hydrogen (secondary N) is 1. The highest BCUT2D eigenvalue weighted by molar-refractivity contribution is 5.78. The first kappa shape index (κ1) is 16.7. The Balaban J connectivity index is 1.55. The standard InChI is InChI=1S/C19H19N3O3/c1-13-4-3-5-15(10-13)19-22-21-18(25-19)12-20-17(23)11-14-6-8-16(24-2)9-7-14/h3-10H,11-12H2,1-2H3,(H,20,23). The van der Waals surface area contributed by atoms with Crippen LogP contribution in [0.25, 0.3) is 11.5 Å². The summed E-state index contributed by atoms with van der Waals surface area (Å²) >= 11 is 0. The minimum atomic E-state index is -0.111. The number of hydrogen-bond donors (Lipinski definition) is 1. The highest BCUT2D eigenvalue weighted by Crippen LogP contribution is 2.18. The van der Waals surface area contributed by atoms with Gasteiger partial charge in [-0.1, -0.05) is 29.8 Å².